The van der Waals surface area contributed by atoms with E-state index in [9.17, 15) is 4.79 Å². The van der Waals surface area contributed by atoms with Crippen LogP contribution >= 0.6 is 0 Å². The molecule has 0 aliphatic carbocycles. The Morgan fingerprint density at radius 3 is 2.85 bits per heavy atom. The quantitative estimate of drug-likeness (QED) is 0.699. The van der Waals surface area contributed by atoms with Gasteiger partial charge in [-0.3, -0.25) is 4.98 Å². The number of nitrogens with two attached hydrogens (primary N) is 1. The van der Waals surface area contributed by atoms with Gasteiger partial charge in [0.05, 0.1) is 22.5 Å². The topological polar surface area (TPSA) is 81.1 Å². The van der Waals surface area contributed by atoms with E-state index in [4.69, 9.17) is 10.8 Å². The van der Waals surface area contributed by atoms with E-state index in [1.165, 1.54) is 12.3 Å². The summed E-state index contributed by atoms with van der Waals surface area (Å²) in [7, 11) is 1.93. The standard InChI is InChI=1S/C15H13N3O2/c1-18-5-3-9-6-11(7-12(16)14(9)18)13-8-10(15(19)20)2-4-17-13/h2-8H,16H2,1H3,(H,19,20). The zero-order chi connectivity index (χ0) is 14.3. The van der Waals surface area contributed by atoms with Gasteiger partial charge in [-0.2, -0.15) is 0 Å². The molecular weight excluding hydrogens is 254 g/mol. The Bertz CT molecular complexity index is 821. The average molecular weight is 267 g/mol. The van der Waals surface area contributed by atoms with E-state index in [0.717, 1.165) is 16.5 Å². The molecule has 0 aliphatic heterocycles. The first-order chi connectivity index (χ1) is 9.56. The highest BCUT2D eigenvalue weighted by molar-refractivity contribution is 5.95. The molecule has 3 aromatic rings. The predicted molar refractivity (Wildman–Crippen MR) is 77.5 cm³/mol. The van der Waals surface area contributed by atoms with Gasteiger partial charge in [-0.25, -0.2) is 4.79 Å². The van der Waals surface area contributed by atoms with Crippen molar-refractivity contribution in [2.45, 2.75) is 0 Å². The highest BCUT2D eigenvalue weighted by Crippen LogP contribution is 2.29. The van der Waals surface area contributed by atoms with Crippen LogP contribution in [-0.4, -0.2) is 20.6 Å². The average Bonchev–Trinajstić information content (AvgIpc) is 2.81. The van der Waals surface area contributed by atoms with Crippen LogP contribution in [0.15, 0.2) is 42.7 Å². The monoisotopic (exact) mass is 267 g/mol. The molecule has 0 atom stereocenters. The van der Waals surface area contributed by atoms with Crippen LogP contribution in [0.2, 0.25) is 0 Å². The molecule has 1 aromatic carbocycles. The molecule has 0 bridgehead atoms. The Labute approximate surface area is 115 Å². The number of hydrogen-bond acceptors (Lipinski definition) is 3. The molecule has 0 spiro atoms. The van der Waals surface area contributed by atoms with E-state index in [-0.39, 0.29) is 5.56 Å². The third-order valence-corrected chi connectivity index (χ3v) is 3.30. The lowest BCUT2D eigenvalue weighted by atomic mass is 10.1. The highest BCUT2D eigenvalue weighted by Gasteiger charge is 2.09. The van der Waals surface area contributed by atoms with Crippen LogP contribution in [0.4, 0.5) is 5.69 Å². The van der Waals surface area contributed by atoms with E-state index in [1.54, 1.807) is 6.07 Å². The van der Waals surface area contributed by atoms with Gasteiger partial charge in [-0.05, 0) is 30.3 Å². The highest BCUT2D eigenvalue weighted by atomic mass is 16.4. The normalized spacial score (nSPS) is 10.8. The third kappa shape index (κ3) is 1.89. The molecule has 0 unspecified atom stereocenters. The van der Waals surface area contributed by atoms with E-state index in [1.807, 2.05) is 36.0 Å². The van der Waals surface area contributed by atoms with Gasteiger partial charge >= 0.3 is 5.97 Å². The molecule has 0 saturated heterocycles. The summed E-state index contributed by atoms with van der Waals surface area (Å²) < 4.78 is 1.95. The summed E-state index contributed by atoms with van der Waals surface area (Å²) in [6.07, 6.45) is 3.43. The van der Waals surface area contributed by atoms with Crippen molar-refractivity contribution in [1.29, 1.82) is 0 Å². The summed E-state index contributed by atoms with van der Waals surface area (Å²) in [6, 6.07) is 8.76. The first-order valence-corrected chi connectivity index (χ1v) is 6.10. The van der Waals surface area contributed by atoms with Crippen molar-refractivity contribution in [3.63, 3.8) is 0 Å². The van der Waals surface area contributed by atoms with Gasteiger partial charge in [-0.15, -0.1) is 0 Å². The van der Waals surface area contributed by atoms with Crippen molar-refractivity contribution in [3.05, 3.63) is 48.3 Å². The number of pyridine rings is 1. The zero-order valence-electron chi connectivity index (χ0n) is 10.9. The molecule has 2 aromatic heterocycles. The van der Waals surface area contributed by atoms with Crippen LogP contribution < -0.4 is 5.73 Å². The molecule has 0 aliphatic rings. The number of aryl methyl sites for hydroxylation is 1. The molecule has 0 saturated carbocycles. The fourth-order valence-corrected chi connectivity index (χ4v) is 2.35. The summed E-state index contributed by atoms with van der Waals surface area (Å²) in [5, 5.41) is 10.0. The Morgan fingerprint density at radius 2 is 2.10 bits per heavy atom. The SMILES string of the molecule is Cn1ccc2cc(-c3cc(C(=O)O)ccn3)cc(N)c21. The molecule has 5 heteroatoms. The molecule has 3 rings (SSSR count). The zero-order valence-corrected chi connectivity index (χ0v) is 10.9. The number of aromatic nitrogens is 2. The number of aromatic carboxylic acids is 1. The number of benzene rings is 1. The first-order valence-electron chi connectivity index (χ1n) is 6.10. The number of rotatable bonds is 2. The number of carboxylic acid groups (broad SMARTS) is 1. The Kier molecular flexibility index (Phi) is 2.68. The molecule has 5 nitrogen and oxygen atoms in total. The maximum Gasteiger partial charge on any atom is 0.335 e. The summed E-state index contributed by atoms with van der Waals surface area (Å²) in [4.78, 5) is 15.2. The molecule has 3 N–H and O–H groups in total. The molecule has 0 amide bonds. The number of nitrogen functional groups attached to an aromatic ring is 1. The second-order valence-electron chi connectivity index (χ2n) is 4.66. The number of anilines is 1. The lowest BCUT2D eigenvalue weighted by molar-refractivity contribution is 0.0697. The van der Waals surface area contributed by atoms with Crippen molar-refractivity contribution in [2.24, 2.45) is 7.05 Å². The van der Waals surface area contributed by atoms with Crippen LogP contribution in [0.1, 0.15) is 10.4 Å². The maximum absolute atomic E-state index is 11.0. The minimum atomic E-state index is -0.970. The lowest BCUT2D eigenvalue weighted by Crippen LogP contribution is -1.98. The third-order valence-electron chi connectivity index (χ3n) is 3.30. The van der Waals surface area contributed by atoms with Gasteiger partial charge in [0.2, 0.25) is 0 Å². The first kappa shape index (κ1) is 12.2. The minimum Gasteiger partial charge on any atom is -0.478 e. The Balaban J connectivity index is 2.19. The molecule has 2 heterocycles. The van der Waals surface area contributed by atoms with Gasteiger partial charge < -0.3 is 15.4 Å². The van der Waals surface area contributed by atoms with Gasteiger partial charge in [0.15, 0.2) is 0 Å². The van der Waals surface area contributed by atoms with Gasteiger partial charge in [0.1, 0.15) is 0 Å². The van der Waals surface area contributed by atoms with Crippen molar-refractivity contribution < 1.29 is 9.90 Å². The second kappa shape index (κ2) is 4.38. The maximum atomic E-state index is 11.0. The fourth-order valence-electron chi connectivity index (χ4n) is 2.35. The van der Waals surface area contributed by atoms with Gasteiger partial charge in [0.25, 0.3) is 0 Å². The van der Waals surface area contributed by atoms with Crippen LogP contribution in [0.5, 0.6) is 0 Å². The van der Waals surface area contributed by atoms with E-state index in [2.05, 4.69) is 4.98 Å². The number of hydrogen-bond donors (Lipinski definition) is 2. The number of fused-ring (bicyclic) bond motifs is 1. The molecule has 0 fully saturated rings. The summed E-state index contributed by atoms with van der Waals surface area (Å²) in [5.74, 6) is -0.970. The largest absolute Gasteiger partial charge is 0.478 e. The van der Waals surface area contributed by atoms with Crippen LogP contribution in [0.25, 0.3) is 22.2 Å². The Hall–Kier alpha value is -2.82. The van der Waals surface area contributed by atoms with Crippen molar-refractivity contribution >= 4 is 22.6 Å². The van der Waals surface area contributed by atoms with Crippen molar-refractivity contribution in [1.82, 2.24) is 9.55 Å². The van der Waals surface area contributed by atoms with Crippen LogP contribution in [-0.2, 0) is 7.05 Å². The summed E-state index contributed by atoms with van der Waals surface area (Å²) in [6.45, 7) is 0. The van der Waals surface area contributed by atoms with Crippen molar-refractivity contribution in [2.75, 3.05) is 5.73 Å². The smallest absolute Gasteiger partial charge is 0.335 e. The van der Waals surface area contributed by atoms with E-state index in [0.29, 0.717) is 11.4 Å². The summed E-state index contributed by atoms with van der Waals surface area (Å²) >= 11 is 0. The Morgan fingerprint density at radius 1 is 1.30 bits per heavy atom. The van der Waals surface area contributed by atoms with E-state index >= 15 is 0 Å². The van der Waals surface area contributed by atoms with Gasteiger partial charge in [0, 0.05) is 30.4 Å². The fraction of sp³-hybridized carbons (Fsp3) is 0.0667. The number of carboxylic acids is 1. The van der Waals surface area contributed by atoms with Crippen molar-refractivity contribution in [3.8, 4) is 11.3 Å². The van der Waals surface area contributed by atoms with Crippen LogP contribution in [0.3, 0.4) is 0 Å². The van der Waals surface area contributed by atoms with Gasteiger partial charge in [-0.1, -0.05) is 0 Å². The number of nitrogens with zero attached hydrogens (tertiary/aromatic N) is 2. The second-order valence-corrected chi connectivity index (χ2v) is 4.66. The molecule has 100 valence electrons. The molecular formula is C15H13N3O2. The van der Waals surface area contributed by atoms with E-state index < -0.39 is 5.97 Å². The molecule has 0 radical (unpaired) electrons. The van der Waals surface area contributed by atoms with Crippen LogP contribution in [0, 0.1) is 0 Å². The predicted octanol–water partition coefficient (Wildman–Crippen LogP) is 2.52. The number of carbonyl (C=O) groups is 1. The molecule has 20 heavy (non-hydrogen) atoms. The summed E-state index contributed by atoms with van der Waals surface area (Å²) in [5.41, 5.74) is 9.30. The minimum absolute atomic E-state index is 0.210. The lowest BCUT2D eigenvalue weighted by Gasteiger charge is -2.06.